The highest BCUT2D eigenvalue weighted by molar-refractivity contribution is 5.90. The summed E-state index contributed by atoms with van der Waals surface area (Å²) in [4.78, 5) is 10.9. The molecule has 3 nitrogen and oxygen atoms in total. The molecule has 0 saturated carbocycles. The Balaban J connectivity index is 2.73. The van der Waals surface area contributed by atoms with Gasteiger partial charge in [-0.3, -0.25) is 0 Å². The van der Waals surface area contributed by atoms with Crippen LogP contribution in [0.15, 0.2) is 18.2 Å². The van der Waals surface area contributed by atoms with Crippen molar-refractivity contribution in [2.45, 2.75) is 19.8 Å². The molecule has 0 saturated heterocycles. The van der Waals surface area contributed by atoms with Gasteiger partial charge in [0.05, 0.1) is 6.61 Å². The molecule has 1 aromatic rings. The van der Waals surface area contributed by atoms with Gasteiger partial charge in [-0.1, -0.05) is 6.07 Å². The van der Waals surface area contributed by atoms with Crippen LogP contribution in [0.25, 0.3) is 0 Å². The lowest BCUT2D eigenvalue weighted by Crippen LogP contribution is -2.04. The zero-order chi connectivity index (χ0) is 12.0. The largest absolute Gasteiger partial charge is 0.493 e. The lowest BCUT2D eigenvalue weighted by Gasteiger charge is -2.09. The SMILES string of the molecule is C#CCCCOc1cc(C)ccc1C(=O)O. The number of carbonyl (C=O) groups is 1. The van der Waals surface area contributed by atoms with Gasteiger partial charge in [-0.25, -0.2) is 4.79 Å². The second-order valence-electron chi connectivity index (χ2n) is 3.46. The summed E-state index contributed by atoms with van der Waals surface area (Å²) in [5, 5.41) is 8.95. The summed E-state index contributed by atoms with van der Waals surface area (Å²) in [7, 11) is 0. The van der Waals surface area contributed by atoms with Crippen molar-refractivity contribution in [1.82, 2.24) is 0 Å². The quantitative estimate of drug-likeness (QED) is 0.610. The Kier molecular flexibility index (Phi) is 4.41. The second-order valence-corrected chi connectivity index (χ2v) is 3.46. The van der Waals surface area contributed by atoms with E-state index in [9.17, 15) is 4.79 Å². The predicted octanol–water partition coefficient (Wildman–Crippen LogP) is 2.49. The van der Waals surface area contributed by atoms with E-state index in [0.29, 0.717) is 18.8 Å². The number of terminal acetylenes is 1. The molecule has 1 aromatic carbocycles. The highest BCUT2D eigenvalue weighted by atomic mass is 16.5. The van der Waals surface area contributed by atoms with Crippen LogP contribution in [0.3, 0.4) is 0 Å². The number of hydrogen-bond acceptors (Lipinski definition) is 2. The summed E-state index contributed by atoms with van der Waals surface area (Å²) in [6.45, 7) is 2.33. The molecule has 3 heteroatoms. The summed E-state index contributed by atoms with van der Waals surface area (Å²) < 4.78 is 5.40. The van der Waals surface area contributed by atoms with E-state index in [1.54, 1.807) is 18.2 Å². The average molecular weight is 218 g/mol. The fourth-order valence-electron chi connectivity index (χ4n) is 1.28. The maximum absolute atomic E-state index is 10.9. The van der Waals surface area contributed by atoms with Crippen molar-refractivity contribution in [2.24, 2.45) is 0 Å². The molecule has 0 aromatic heterocycles. The molecule has 1 rings (SSSR count). The number of carboxylic acid groups (broad SMARTS) is 1. The monoisotopic (exact) mass is 218 g/mol. The van der Waals surface area contributed by atoms with Crippen LogP contribution in [0.2, 0.25) is 0 Å². The summed E-state index contributed by atoms with van der Waals surface area (Å²) in [5.74, 6) is 1.93. The average Bonchev–Trinajstić information content (AvgIpc) is 2.24. The summed E-state index contributed by atoms with van der Waals surface area (Å²) in [5.41, 5.74) is 1.16. The smallest absolute Gasteiger partial charge is 0.339 e. The molecule has 0 heterocycles. The molecule has 0 aliphatic heterocycles. The third kappa shape index (κ3) is 3.32. The molecule has 0 unspecified atom stereocenters. The van der Waals surface area contributed by atoms with Crippen molar-refractivity contribution >= 4 is 5.97 Å². The molecule has 0 radical (unpaired) electrons. The lowest BCUT2D eigenvalue weighted by molar-refractivity contribution is 0.0692. The number of carboxylic acids is 1. The van der Waals surface area contributed by atoms with Gasteiger partial charge in [0, 0.05) is 6.42 Å². The van der Waals surface area contributed by atoms with E-state index in [1.807, 2.05) is 6.92 Å². The van der Waals surface area contributed by atoms with Crippen LogP contribution in [0.1, 0.15) is 28.8 Å². The summed E-state index contributed by atoms with van der Waals surface area (Å²) in [6.07, 6.45) is 6.47. The number of aryl methyl sites for hydroxylation is 1. The number of rotatable bonds is 5. The molecule has 1 N–H and O–H groups in total. The first-order chi connectivity index (χ1) is 7.65. The van der Waals surface area contributed by atoms with Crippen LogP contribution in [-0.2, 0) is 0 Å². The van der Waals surface area contributed by atoms with Crippen LogP contribution < -0.4 is 4.74 Å². The number of aromatic carboxylic acids is 1. The van der Waals surface area contributed by atoms with E-state index in [4.69, 9.17) is 16.3 Å². The Labute approximate surface area is 95.1 Å². The van der Waals surface area contributed by atoms with Crippen LogP contribution in [0, 0.1) is 19.3 Å². The zero-order valence-electron chi connectivity index (χ0n) is 9.19. The Hall–Kier alpha value is -1.95. The number of unbranched alkanes of at least 4 members (excludes halogenated alkanes) is 1. The molecule has 84 valence electrons. The van der Waals surface area contributed by atoms with Gasteiger partial charge in [-0.2, -0.15) is 0 Å². The van der Waals surface area contributed by atoms with Crippen LogP contribution in [0.4, 0.5) is 0 Å². The standard InChI is InChI=1S/C13H14O3/c1-3-4-5-8-16-12-9-10(2)6-7-11(12)13(14)15/h1,6-7,9H,4-5,8H2,2H3,(H,14,15). The van der Waals surface area contributed by atoms with Crippen molar-refractivity contribution in [3.8, 4) is 18.1 Å². The van der Waals surface area contributed by atoms with E-state index in [1.165, 1.54) is 0 Å². The van der Waals surface area contributed by atoms with Gasteiger partial charge in [-0.15, -0.1) is 12.3 Å². The minimum absolute atomic E-state index is 0.186. The highest BCUT2D eigenvalue weighted by Crippen LogP contribution is 2.20. The molecule has 0 fully saturated rings. The molecule has 0 aliphatic rings. The number of benzene rings is 1. The molecule has 16 heavy (non-hydrogen) atoms. The van der Waals surface area contributed by atoms with Crippen LogP contribution >= 0.6 is 0 Å². The first kappa shape index (κ1) is 12.1. The topological polar surface area (TPSA) is 46.5 Å². The van der Waals surface area contributed by atoms with Crippen LogP contribution in [-0.4, -0.2) is 17.7 Å². The van der Waals surface area contributed by atoms with Crippen molar-refractivity contribution < 1.29 is 14.6 Å². The van der Waals surface area contributed by atoms with Crippen LogP contribution in [0.5, 0.6) is 5.75 Å². The third-order valence-electron chi connectivity index (χ3n) is 2.09. The third-order valence-corrected chi connectivity index (χ3v) is 2.09. The zero-order valence-corrected chi connectivity index (χ0v) is 9.19. The minimum Gasteiger partial charge on any atom is -0.493 e. The summed E-state index contributed by atoms with van der Waals surface area (Å²) in [6, 6.07) is 5.02. The van der Waals surface area contributed by atoms with Crippen molar-refractivity contribution in [3.63, 3.8) is 0 Å². The second kappa shape index (κ2) is 5.82. The van der Waals surface area contributed by atoms with Gasteiger partial charge >= 0.3 is 5.97 Å². The number of hydrogen-bond donors (Lipinski definition) is 1. The van der Waals surface area contributed by atoms with Gasteiger partial charge in [0.25, 0.3) is 0 Å². The molecule has 0 spiro atoms. The molecule has 0 aliphatic carbocycles. The van der Waals surface area contributed by atoms with Crippen molar-refractivity contribution in [2.75, 3.05) is 6.61 Å². The lowest BCUT2D eigenvalue weighted by atomic mass is 10.1. The van der Waals surface area contributed by atoms with Gasteiger partial charge in [0.1, 0.15) is 11.3 Å². The van der Waals surface area contributed by atoms with E-state index >= 15 is 0 Å². The Morgan fingerprint density at radius 2 is 2.31 bits per heavy atom. The Morgan fingerprint density at radius 1 is 1.56 bits per heavy atom. The first-order valence-corrected chi connectivity index (χ1v) is 5.05. The highest BCUT2D eigenvalue weighted by Gasteiger charge is 2.10. The molecule has 0 atom stereocenters. The van der Waals surface area contributed by atoms with E-state index < -0.39 is 5.97 Å². The Bertz CT molecular complexity index is 416. The van der Waals surface area contributed by atoms with Crippen molar-refractivity contribution in [3.05, 3.63) is 29.3 Å². The molecular formula is C13H14O3. The number of ether oxygens (including phenoxy) is 1. The van der Waals surface area contributed by atoms with E-state index in [0.717, 1.165) is 12.0 Å². The predicted molar refractivity (Wildman–Crippen MR) is 61.7 cm³/mol. The van der Waals surface area contributed by atoms with Gasteiger partial charge in [-0.05, 0) is 31.0 Å². The molecular weight excluding hydrogens is 204 g/mol. The first-order valence-electron chi connectivity index (χ1n) is 5.05. The van der Waals surface area contributed by atoms with Gasteiger partial charge in [0.2, 0.25) is 0 Å². The Morgan fingerprint density at radius 3 is 2.94 bits per heavy atom. The maximum Gasteiger partial charge on any atom is 0.339 e. The summed E-state index contributed by atoms with van der Waals surface area (Å²) >= 11 is 0. The fraction of sp³-hybridized carbons (Fsp3) is 0.308. The van der Waals surface area contributed by atoms with E-state index in [2.05, 4.69) is 5.92 Å². The van der Waals surface area contributed by atoms with E-state index in [-0.39, 0.29) is 5.56 Å². The fourth-order valence-corrected chi connectivity index (χ4v) is 1.28. The van der Waals surface area contributed by atoms with Crippen molar-refractivity contribution in [1.29, 1.82) is 0 Å². The molecule has 0 amide bonds. The minimum atomic E-state index is -0.980. The van der Waals surface area contributed by atoms with Gasteiger partial charge < -0.3 is 9.84 Å². The molecule has 0 bridgehead atoms. The van der Waals surface area contributed by atoms with Gasteiger partial charge in [0.15, 0.2) is 0 Å². The maximum atomic E-state index is 10.9. The normalized spacial score (nSPS) is 9.50.